The molecule has 2 heterocycles. The van der Waals surface area contributed by atoms with Crippen molar-refractivity contribution in [3.8, 4) is 6.07 Å². The molecule has 1 saturated carbocycles. The van der Waals surface area contributed by atoms with E-state index in [0.717, 1.165) is 47.8 Å². The molecule has 9 heteroatoms. The number of rotatable bonds is 9. The van der Waals surface area contributed by atoms with Crippen LogP contribution in [0.4, 0.5) is 0 Å². The van der Waals surface area contributed by atoms with Gasteiger partial charge in [0.05, 0.1) is 28.3 Å². The molecule has 0 aliphatic heterocycles. The molecule has 40 heavy (non-hydrogen) atoms. The molecule has 0 saturated heterocycles. The minimum absolute atomic E-state index is 0.0712. The molecule has 1 fully saturated rings. The van der Waals surface area contributed by atoms with E-state index in [0.29, 0.717) is 0 Å². The monoisotopic (exact) mass is 555 g/mol. The van der Waals surface area contributed by atoms with Crippen LogP contribution in [-0.2, 0) is 21.2 Å². The normalized spacial score (nSPS) is 16.6. The largest absolute Gasteiger partial charge is 0.361 e. The van der Waals surface area contributed by atoms with Gasteiger partial charge in [0.25, 0.3) is 0 Å². The number of fused-ring (bicyclic) bond motifs is 1. The average Bonchev–Trinajstić information content (AvgIpc) is 3.38. The number of para-hydroxylation sites is 1. The number of amides is 1. The van der Waals surface area contributed by atoms with Gasteiger partial charge < -0.3 is 10.3 Å². The van der Waals surface area contributed by atoms with Gasteiger partial charge in [-0.3, -0.25) is 9.78 Å². The summed E-state index contributed by atoms with van der Waals surface area (Å²) >= 11 is 0. The summed E-state index contributed by atoms with van der Waals surface area (Å²) in [6, 6.07) is 20.8. The van der Waals surface area contributed by atoms with Crippen LogP contribution in [0, 0.1) is 17.2 Å². The Bertz CT molecular complexity index is 1640. The SMILES string of the molecule is CC(Cc1c[nH]c2ccccc12)(NS(=O)(=O)c1cccc(C#N)c1)C(=O)NC(c1ccccn1)C1CCCCC1. The molecule has 2 atom stereocenters. The van der Waals surface area contributed by atoms with E-state index in [1.165, 1.54) is 24.6 Å². The van der Waals surface area contributed by atoms with Gasteiger partial charge in [-0.1, -0.05) is 49.6 Å². The lowest BCUT2D eigenvalue weighted by molar-refractivity contribution is -0.127. The number of nitriles is 1. The predicted molar refractivity (Wildman–Crippen MR) is 154 cm³/mol. The highest BCUT2D eigenvalue weighted by molar-refractivity contribution is 7.89. The lowest BCUT2D eigenvalue weighted by atomic mass is 9.82. The molecule has 8 nitrogen and oxygen atoms in total. The van der Waals surface area contributed by atoms with Crippen molar-refractivity contribution in [3.05, 3.63) is 95.9 Å². The van der Waals surface area contributed by atoms with E-state index >= 15 is 0 Å². The van der Waals surface area contributed by atoms with Crippen LogP contribution in [-0.4, -0.2) is 29.8 Å². The summed E-state index contributed by atoms with van der Waals surface area (Å²) in [5.74, 6) is -0.229. The first kappa shape index (κ1) is 27.6. The fourth-order valence-corrected chi connectivity index (χ4v) is 7.09. The van der Waals surface area contributed by atoms with Crippen molar-refractivity contribution >= 4 is 26.8 Å². The topological polar surface area (TPSA) is 128 Å². The zero-order valence-electron chi connectivity index (χ0n) is 22.4. The molecular weight excluding hydrogens is 522 g/mol. The maximum absolute atomic E-state index is 14.3. The van der Waals surface area contributed by atoms with Gasteiger partial charge in [-0.2, -0.15) is 9.98 Å². The first-order chi connectivity index (χ1) is 19.3. The van der Waals surface area contributed by atoms with Gasteiger partial charge in [0.1, 0.15) is 5.54 Å². The highest BCUT2D eigenvalue weighted by Gasteiger charge is 2.41. The van der Waals surface area contributed by atoms with E-state index in [4.69, 9.17) is 0 Å². The number of hydrogen-bond donors (Lipinski definition) is 3. The molecule has 1 aliphatic rings. The van der Waals surface area contributed by atoms with Crippen molar-refractivity contribution in [2.45, 2.75) is 61.9 Å². The lowest BCUT2D eigenvalue weighted by Gasteiger charge is -2.35. The van der Waals surface area contributed by atoms with E-state index in [2.05, 4.69) is 20.0 Å². The lowest BCUT2D eigenvalue weighted by Crippen LogP contribution is -2.59. The number of sulfonamides is 1. The number of aromatic amines is 1. The maximum atomic E-state index is 14.3. The summed E-state index contributed by atoms with van der Waals surface area (Å²) in [6.07, 6.45) is 8.90. The molecule has 2 unspecified atom stereocenters. The number of benzene rings is 2. The van der Waals surface area contributed by atoms with Crippen LogP contribution in [0.2, 0.25) is 0 Å². The molecular formula is C31H33N5O3S. The summed E-state index contributed by atoms with van der Waals surface area (Å²) in [5.41, 5.74) is 1.15. The predicted octanol–water partition coefficient (Wildman–Crippen LogP) is 5.15. The number of nitrogens with one attached hydrogen (secondary N) is 3. The van der Waals surface area contributed by atoms with Gasteiger partial charge in [0.2, 0.25) is 15.9 Å². The third-order valence-corrected chi connectivity index (χ3v) is 9.36. The van der Waals surface area contributed by atoms with Gasteiger partial charge in [0, 0.05) is 29.7 Å². The van der Waals surface area contributed by atoms with Gasteiger partial charge in [0.15, 0.2) is 0 Å². The zero-order chi connectivity index (χ0) is 28.2. The number of pyridine rings is 1. The molecule has 0 bridgehead atoms. The molecule has 5 rings (SSSR count). The van der Waals surface area contributed by atoms with Crippen LogP contribution < -0.4 is 10.0 Å². The molecule has 2 aromatic heterocycles. The quantitative estimate of drug-likeness (QED) is 0.263. The van der Waals surface area contributed by atoms with Crippen molar-refractivity contribution in [2.24, 2.45) is 5.92 Å². The molecule has 3 N–H and O–H groups in total. The smallest absolute Gasteiger partial charge is 0.241 e. The summed E-state index contributed by atoms with van der Waals surface area (Å²) in [4.78, 5) is 22.0. The number of aromatic nitrogens is 2. The average molecular weight is 556 g/mol. The first-order valence-electron chi connectivity index (χ1n) is 13.6. The number of hydrogen-bond acceptors (Lipinski definition) is 5. The van der Waals surface area contributed by atoms with Crippen LogP contribution in [0.3, 0.4) is 0 Å². The van der Waals surface area contributed by atoms with E-state index in [-0.39, 0.29) is 28.8 Å². The van der Waals surface area contributed by atoms with Crippen molar-refractivity contribution < 1.29 is 13.2 Å². The highest BCUT2D eigenvalue weighted by Crippen LogP contribution is 2.34. The Labute approximate surface area is 234 Å². The summed E-state index contributed by atoms with van der Waals surface area (Å²) in [5, 5.41) is 13.4. The second-order valence-electron chi connectivity index (χ2n) is 10.7. The summed E-state index contributed by atoms with van der Waals surface area (Å²) in [7, 11) is -4.17. The molecule has 4 aromatic rings. The van der Waals surface area contributed by atoms with Crippen molar-refractivity contribution in [1.82, 2.24) is 20.0 Å². The fourth-order valence-electron chi connectivity index (χ4n) is 5.67. The van der Waals surface area contributed by atoms with E-state index < -0.39 is 21.5 Å². The minimum atomic E-state index is -4.17. The van der Waals surface area contributed by atoms with E-state index in [1.807, 2.05) is 54.7 Å². The number of carbonyl (C=O) groups is 1. The van der Waals surface area contributed by atoms with Crippen LogP contribution >= 0.6 is 0 Å². The second-order valence-corrected chi connectivity index (χ2v) is 12.4. The molecule has 1 amide bonds. The maximum Gasteiger partial charge on any atom is 0.241 e. The molecule has 0 radical (unpaired) electrons. The minimum Gasteiger partial charge on any atom is -0.361 e. The fraction of sp³-hybridized carbons (Fsp3) is 0.323. The zero-order valence-corrected chi connectivity index (χ0v) is 23.2. The van der Waals surface area contributed by atoms with Gasteiger partial charge in [-0.15, -0.1) is 0 Å². The Hall–Kier alpha value is -4.00. The Balaban J connectivity index is 1.52. The molecule has 2 aromatic carbocycles. The number of carbonyl (C=O) groups excluding carboxylic acids is 1. The third-order valence-electron chi connectivity index (χ3n) is 7.77. The van der Waals surface area contributed by atoms with Crippen molar-refractivity contribution in [2.75, 3.05) is 0 Å². The Morgan fingerprint density at radius 3 is 2.62 bits per heavy atom. The highest BCUT2D eigenvalue weighted by atomic mass is 32.2. The van der Waals surface area contributed by atoms with E-state index in [1.54, 1.807) is 19.2 Å². The summed E-state index contributed by atoms with van der Waals surface area (Å²) < 4.78 is 30.0. The van der Waals surface area contributed by atoms with Gasteiger partial charge >= 0.3 is 0 Å². The molecule has 1 aliphatic carbocycles. The summed E-state index contributed by atoms with van der Waals surface area (Å²) in [6.45, 7) is 1.62. The number of nitrogens with zero attached hydrogens (tertiary/aromatic N) is 2. The Morgan fingerprint density at radius 1 is 1.10 bits per heavy atom. The molecule has 206 valence electrons. The van der Waals surface area contributed by atoms with E-state index in [9.17, 15) is 18.5 Å². The van der Waals surface area contributed by atoms with Crippen LogP contribution in [0.25, 0.3) is 10.9 Å². The standard InChI is InChI=1S/C31H33N5O3S/c1-31(19-24-21-34-27-15-6-5-14-26(24)27,36-40(38,39)25-13-9-10-22(18-25)20-32)30(37)35-29(23-11-3-2-4-12-23)28-16-7-8-17-33-28/h5-10,13-18,21,23,29,34,36H,2-4,11-12,19H2,1H3,(H,35,37). The first-order valence-corrected chi connectivity index (χ1v) is 15.1. The van der Waals surface area contributed by atoms with Crippen molar-refractivity contribution in [1.29, 1.82) is 5.26 Å². The van der Waals surface area contributed by atoms with Crippen LogP contribution in [0.1, 0.15) is 61.9 Å². The Kier molecular flexibility index (Phi) is 8.01. The third kappa shape index (κ3) is 5.93. The molecule has 0 spiro atoms. The van der Waals surface area contributed by atoms with Gasteiger partial charge in [-0.05, 0) is 67.6 Å². The van der Waals surface area contributed by atoms with Gasteiger partial charge in [-0.25, -0.2) is 8.42 Å². The van der Waals surface area contributed by atoms with Crippen molar-refractivity contribution in [3.63, 3.8) is 0 Å². The van der Waals surface area contributed by atoms with Crippen LogP contribution in [0.15, 0.2) is 84.0 Å². The number of H-pyrrole nitrogens is 1. The van der Waals surface area contributed by atoms with Crippen LogP contribution in [0.5, 0.6) is 0 Å². The Morgan fingerprint density at radius 2 is 1.88 bits per heavy atom. The second kappa shape index (κ2) is 11.6.